The molecule has 1 aromatic heterocycles. The van der Waals surface area contributed by atoms with Gasteiger partial charge in [0.15, 0.2) is 11.5 Å². The average molecular weight is 520 g/mol. The van der Waals surface area contributed by atoms with Gasteiger partial charge in [-0.25, -0.2) is 9.78 Å². The maximum atomic E-state index is 13.5. The number of carbonyl (C=O) groups is 2. The van der Waals surface area contributed by atoms with E-state index in [4.69, 9.17) is 9.78 Å². The van der Waals surface area contributed by atoms with Crippen LogP contribution in [-0.2, 0) is 22.3 Å². The Balaban J connectivity index is 1.75. The first kappa shape index (κ1) is 27.4. The molecule has 9 heteroatoms. The van der Waals surface area contributed by atoms with Gasteiger partial charge < -0.3 is 0 Å². The minimum absolute atomic E-state index is 0.0420. The zero-order valence-electron chi connectivity index (χ0n) is 20.6. The molecule has 36 heavy (non-hydrogen) atoms. The van der Waals surface area contributed by atoms with Crippen molar-refractivity contribution in [3.05, 3.63) is 69.7 Å². The second-order valence-electron chi connectivity index (χ2n) is 8.72. The largest absolute Gasteiger partial charge is 0.417 e. The van der Waals surface area contributed by atoms with Gasteiger partial charge in [0, 0.05) is 28.8 Å². The summed E-state index contributed by atoms with van der Waals surface area (Å²) in [5.74, 6) is -0.217. The Morgan fingerprint density at radius 2 is 1.81 bits per heavy atom. The highest BCUT2D eigenvalue weighted by atomic mass is 32.1. The summed E-state index contributed by atoms with van der Waals surface area (Å²) < 4.78 is 40.6. The van der Waals surface area contributed by atoms with Crippen molar-refractivity contribution in [1.82, 2.24) is 4.98 Å². The fourth-order valence-corrected chi connectivity index (χ4v) is 4.81. The van der Waals surface area contributed by atoms with E-state index in [0.29, 0.717) is 40.4 Å². The van der Waals surface area contributed by atoms with Gasteiger partial charge in [-0.2, -0.15) is 13.2 Å². The molecular formula is C27H28F3NO4S. The van der Waals surface area contributed by atoms with Gasteiger partial charge in [-0.05, 0) is 55.5 Å². The third kappa shape index (κ3) is 6.72. The molecule has 0 spiro atoms. The van der Waals surface area contributed by atoms with Crippen molar-refractivity contribution < 1.29 is 32.5 Å². The molecule has 0 aliphatic carbocycles. The maximum absolute atomic E-state index is 13.5. The highest BCUT2D eigenvalue weighted by Crippen LogP contribution is 2.40. The zero-order chi connectivity index (χ0) is 26.5. The minimum atomic E-state index is -4.49. The Morgan fingerprint density at radius 1 is 1.08 bits per heavy atom. The molecule has 1 heterocycles. The van der Waals surface area contributed by atoms with Crippen molar-refractivity contribution in [2.24, 2.45) is 0 Å². The van der Waals surface area contributed by atoms with Crippen molar-refractivity contribution in [1.29, 1.82) is 0 Å². The van der Waals surface area contributed by atoms with Crippen LogP contribution in [0, 0.1) is 6.92 Å². The Morgan fingerprint density at radius 3 is 2.44 bits per heavy atom. The van der Waals surface area contributed by atoms with Crippen molar-refractivity contribution >= 4 is 23.1 Å². The molecule has 0 N–H and O–H groups in total. The molecule has 0 aliphatic heterocycles. The fourth-order valence-electron chi connectivity index (χ4n) is 3.66. The maximum Gasteiger partial charge on any atom is 0.417 e. The van der Waals surface area contributed by atoms with Crippen LogP contribution in [0.1, 0.15) is 78.0 Å². The van der Waals surface area contributed by atoms with E-state index in [1.54, 1.807) is 31.2 Å². The number of Topliss-reactive ketones (excluding diaryl/α,β-unsaturated/α-hetero) is 1. The molecule has 0 saturated carbocycles. The van der Waals surface area contributed by atoms with E-state index in [0.717, 1.165) is 10.9 Å². The summed E-state index contributed by atoms with van der Waals surface area (Å²) in [6.45, 7) is 7.49. The van der Waals surface area contributed by atoms with Crippen LogP contribution >= 0.6 is 11.3 Å². The van der Waals surface area contributed by atoms with E-state index < -0.39 is 17.7 Å². The minimum Gasteiger partial charge on any atom is -0.294 e. The lowest BCUT2D eigenvalue weighted by molar-refractivity contribution is -0.214. The summed E-state index contributed by atoms with van der Waals surface area (Å²) in [6, 6.07) is 10.2. The number of aromatic nitrogens is 1. The molecule has 5 nitrogen and oxygen atoms in total. The van der Waals surface area contributed by atoms with Crippen molar-refractivity contribution in [2.45, 2.75) is 65.5 Å². The van der Waals surface area contributed by atoms with Crippen LogP contribution in [0.2, 0.25) is 0 Å². The van der Waals surface area contributed by atoms with Gasteiger partial charge in [0.25, 0.3) is 0 Å². The molecule has 3 aromatic rings. The van der Waals surface area contributed by atoms with Gasteiger partial charge in [0.05, 0.1) is 11.3 Å². The predicted molar refractivity (Wildman–Crippen MR) is 132 cm³/mol. The summed E-state index contributed by atoms with van der Waals surface area (Å²) in [7, 11) is 0. The SMILES string of the molecule is CCCC(=O)OOc1ccc(C(=O)CCc2nc(-c3ccccc3C(F)(F)F)sc2C(C)C)cc1C. The first-order valence-electron chi connectivity index (χ1n) is 11.7. The zero-order valence-corrected chi connectivity index (χ0v) is 21.4. The lowest BCUT2D eigenvalue weighted by atomic mass is 10.0. The molecule has 0 radical (unpaired) electrons. The number of aryl methyl sites for hydroxylation is 2. The first-order valence-corrected chi connectivity index (χ1v) is 12.5. The van der Waals surface area contributed by atoms with Crippen molar-refractivity contribution in [2.75, 3.05) is 0 Å². The van der Waals surface area contributed by atoms with Crippen LogP contribution < -0.4 is 4.89 Å². The molecule has 3 rings (SSSR count). The van der Waals surface area contributed by atoms with E-state index in [2.05, 4.69) is 4.98 Å². The molecular weight excluding hydrogens is 491 g/mol. The topological polar surface area (TPSA) is 65.5 Å². The van der Waals surface area contributed by atoms with Gasteiger partial charge in [-0.3, -0.25) is 14.6 Å². The number of halogens is 3. The summed E-state index contributed by atoms with van der Waals surface area (Å²) >= 11 is 1.23. The molecule has 0 aliphatic rings. The molecule has 0 bridgehead atoms. The molecule has 192 valence electrons. The summed E-state index contributed by atoms with van der Waals surface area (Å²) in [6.07, 6.45) is -3.15. The highest BCUT2D eigenvalue weighted by Gasteiger charge is 2.34. The highest BCUT2D eigenvalue weighted by molar-refractivity contribution is 7.15. The molecule has 0 amide bonds. The third-order valence-corrected chi connectivity index (χ3v) is 6.91. The van der Waals surface area contributed by atoms with Gasteiger partial charge in [0.2, 0.25) is 0 Å². The van der Waals surface area contributed by atoms with E-state index in [-0.39, 0.29) is 30.1 Å². The standard InChI is InChI=1S/C27H28F3NO4S/c1-5-8-24(33)35-34-23-14-11-18(15-17(23)4)22(32)13-12-21-25(16(2)3)36-26(31-21)19-9-6-7-10-20(19)27(28,29)30/h6-7,9-11,14-16H,5,8,12-13H2,1-4H3. The normalized spacial score (nSPS) is 11.6. The number of ketones is 1. The predicted octanol–water partition coefficient (Wildman–Crippen LogP) is 7.71. The van der Waals surface area contributed by atoms with Crippen LogP contribution in [0.15, 0.2) is 42.5 Å². The van der Waals surface area contributed by atoms with E-state index in [1.165, 1.54) is 23.5 Å². The lowest BCUT2D eigenvalue weighted by Crippen LogP contribution is -2.08. The quantitative estimate of drug-likeness (QED) is 0.156. The molecule has 2 aromatic carbocycles. The monoisotopic (exact) mass is 519 g/mol. The van der Waals surface area contributed by atoms with Gasteiger partial charge in [0.1, 0.15) is 5.01 Å². The number of benzene rings is 2. The molecule has 0 saturated heterocycles. The second-order valence-corrected chi connectivity index (χ2v) is 9.75. The summed E-state index contributed by atoms with van der Waals surface area (Å²) in [4.78, 5) is 39.6. The van der Waals surface area contributed by atoms with Gasteiger partial charge in [-0.1, -0.05) is 39.0 Å². The van der Waals surface area contributed by atoms with Crippen LogP contribution in [-0.4, -0.2) is 16.7 Å². The number of carbonyl (C=O) groups excluding carboxylic acids is 2. The number of rotatable bonds is 10. The van der Waals surface area contributed by atoms with Crippen LogP contribution in [0.5, 0.6) is 5.75 Å². The second kappa shape index (κ2) is 11.7. The Bertz CT molecular complexity index is 1230. The lowest BCUT2D eigenvalue weighted by Gasteiger charge is -2.10. The number of thiazole rings is 1. The summed E-state index contributed by atoms with van der Waals surface area (Å²) in [5, 5.41) is 0.295. The number of alkyl halides is 3. The summed E-state index contributed by atoms with van der Waals surface area (Å²) in [5.41, 5.74) is 1.04. The number of hydrogen-bond donors (Lipinski definition) is 0. The van der Waals surface area contributed by atoms with E-state index in [1.807, 2.05) is 20.8 Å². The first-order chi connectivity index (χ1) is 17.0. The van der Waals surface area contributed by atoms with E-state index in [9.17, 15) is 22.8 Å². The van der Waals surface area contributed by atoms with Crippen LogP contribution in [0.4, 0.5) is 13.2 Å². The van der Waals surface area contributed by atoms with Gasteiger partial charge in [-0.15, -0.1) is 11.3 Å². The Kier molecular flexibility index (Phi) is 8.89. The van der Waals surface area contributed by atoms with Crippen LogP contribution in [0.25, 0.3) is 10.6 Å². The molecule has 0 atom stereocenters. The molecule has 0 unspecified atom stereocenters. The Hall–Kier alpha value is -3.20. The van der Waals surface area contributed by atoms with E-state index >= 15 is 0 Å². The molecule has 0 fully saturated rings. The number of hydrogen-bond acceptors (Lipinski definition) is 6. The average Bonchev–Trinajstić information content (AvgIpc) is 3.26. The smallest absolute Gasteiger partial charge is 0.294 e. The van der Waals surface area contributed by atoms with Crippen LogP contribution in [0.3, 0.4) is 0 Å². The van der Waals surface area contributed by atoms with Crippen molar-refractivity contribution in [3.63, 3.8) is 0 Å². The number of nitrogens with zero attached hydrogens (tertiary/aromatic N) is 1. The fraction of sp³-hybridized carbons (Fsp3) is 0.370. The van der Waals surface area contributed by atoms with Crippen molar-refractivity contribution in [3.8, 4) is 16.3 Å². The van der Waals surface area contributed by atoms with Gasteiger partial charge >= 0.3 is 12.1 Å². The third-order valence-electron chi connectivity index (χ3n) is 5.48. The Labute approximate surface area is 212 Å².